The van der Waals surface area contributed by atoms with Crippen molar-refractivity contribution < 1.29 is 0 Å². The van der Waals surface area contributed by atoms with Crippen molar-refractivity contribution in [2.24, 2.45) is 4.99 Å². The molecule has 0 amide bonds. The third-order valence-corrected chi connectivity index (χ3v) is 3.51. The summed E-state index contributed by atoms with van der Waals surface area (Å²) in [6.07, 6.45) is 3.97. The summed E-state index contributed by atoms with van der Waals surface area (Å²) in [5, 5.41) is 0. The second kappa shape index (κ2) is 6.33. The van der Waals surface area contributed by atoms with Gasteiger partial charge in [0.05, 0.1) is 5.69 Å². The van der Waals surface area contributed by atoms with Gasteiger partial charge >= 0.3 is 0 Å². The Labute approximate surface area is 121 Å². The number of benzene rings is 2. The molecule has 2 rings (SSSR count). The predicted molar refractivity (Wildman–Crippen MR) is 89.8 cm³/mol. The molecule has 0 fully saturated rings. The highest BCUT2D eigenvalue weighted by Gasteiger charge is 2.05. The maximum Gasteiger partial charge on any atom is 0.0706 e. The summed E-state index contributed by atoms with van der Waals surface area (Å²) in [5.74, 6) is 0. The third kappa shape index (κ3) is 3.05. The minimum atomic E-state index is 1.03. The standard InChI is InChI=1S/C19H21N/c1-5-15(4)18-12-11-17(13-19(18)20-6-2)16-9-7-14(3)8-10-16/h5-13H,1-4H3/b15-5?,20-6-. The van der Waals surface area contributed by atoms with Crippen LogP contribution in [-0.4, -0.2) is 6.21 Å². The zero-order valence-electron chi connectivity index (χ0n) is 12.6. The van der Waals surface area contributed by atoms with E-state index in [4.69, 9.17) is 0 Å². The van der Waals surface area contributed by atoms with Crippen molar-refractivity contribution in [1.82, 2.24) is 0 Å². The minimum Gasteiger partial charge on any atom is -0.261 e. The summed E-state index contributed by atoms with van der Waals surface area (Å²) in [7, 11) is 0. The third-order valence-electron chi connectivity index (χ3n) is 3.51. The fourth-order valence-corrected chi connectivity index (χ4v) is 2.19. The highest BCUT2D eigenvalue weighted by atomic mass is 14.7. The molecule has 0 radical (unpaired) electrons. The van der Waals surface area contributed by atoms with Crippen LogP contribution >= 0.6 is 0 Å². The molecule has 0 unspecified atom stereocenters. The molecule has 0 heterocycles. The molecule has 0 aliphatic rings. The van der Waals surface area contributed by atoms with Crippen LogP contribution in [0.25, 0.3) is 16.7 Å². The lowest BCUT2D eigenvalue weighted by Gasteiger charge is -2.09. The van der Waals surface area contributed by atoms with E-state index in [0.29, 0.717) is 0 Å². The number of aryl methyl sites for hydroxylation is 1. The van der Waals surface area contributed by atoms with E-state index in [9.17, 15) is 0 Å². The van der Waals surface area contributed by atoms with Gasteiger partial charge in [-0.1, -0.05) is 48.0 Å². The van der Waals surface area contributed by atoms with Gasteiger partial charge in [-0.3, -0.25) is 4.99 Å². The highest BCUT2D eigenvalue weighted by Crippen LogP contribution is 2.31. The Morgan fingerprint density at radius 2 is 1.60 bits per heavy atom. The van der Waals surface area contributed by atoms with E-state index in [1.165, 1.54) is 27.8 Å². The Bertz CT molecular complexity index is 646. The normalized spacial score (nSPS) is 12.1. The molecule has 1 heteroatoms. The van der Waals surface area contributed by atoms with Gasteiger partial charge in [0.1, 0.15) is 0 Å². The molecule has 0 bridgehead atoms. The largest absolute Gasteiger partial charge is 0.261 e. The first-order valence-electron chi connectivity index (χ1n) is 6.98. The smallest absolute Gasteiger partial charge is 0.0706 e. The average molecular weight is 263 g/mol. The Hall–Kier alpha value is -2.15. The molecule has 0 aromatic heterocycles. The molecular weight excluding hydrogens is 242 g/mol. The Balaban J connectivity index is 2.52. The van der Waals surface area contributed by atoms with E-state index in [1.54, 1.807) is 0 Å². The monoisotopic (exact) mass is 263 g/mol. The van der Waals surface area contributed by atoms with Crippen LogP contribution in [0.4, 0.5) is 5.69 Å². The summed E-state index contributed by atoms with van der Waals surface area (Å²) in [6.45, 7) is 8.24. The zero-order valence-corrected chi connectivity index (χ0v) is 12.6. The molecule has 0 atom stereocenters. The second-order valence-electron chi connectivity index (χ2n) is 4.96. The molecule has 0 aliphatic heterocycles. The second-order valence-corrected chi connectivity index (χ2v) is 4.96. The van der Waals surface area contributed by atoms with Gasteiger partial charge in [0.25, 0.3) is 0 Å². The van der Waals surface area contributed by atoms with E-state index in [-0.39, 0.29) is 0 Å². The van der Waals surface area contributed by atoms with Crippen molar-refractivity contribution in [3.8, 4) is 11.1 Å². The van der Waals surface area contributed by atoms with Crippen LogP contribution in [0.2, 0.25) is 0 Å². The van der Waals surface area contributed by atoms with Gasteiger partial charge in [0.2, 0.25) is 0 Å². The quantitative estimate of drug-likeness (QED) is 0.620. The van der Waals surface area contributed by atoms with Crippen LogP contribution in [0.5, 0.6) is 0 Å². The maximum absolute atomic E-state index is 4.51. The zero-order chi connectivity index (χ0) is 14.5. The molecule has 0 spiro atoms. The molecule has 2 aromatic carbocycles. The number of nitrogens with zero attached hydrogens (tertiary/aromatic N) is 1. The van der Waals surface area contributed by atoms with Gasteiger partial charge in [-0.05, 0) is 50.5 Å². The first-order valence-corrected chi connectivity index (χ1v) is 6.98. The molecular formula is C19H21N. The van der Waals surface area contributed by atoms with Crippen molar-refractivity contribution in [2.45, 2.75) is 27.7 Å². The van der Waals surface area contributed by atoms with E-state index >= 15 is 0 Å². The molecule has 1 nitrogen and oxygen atoms in total. The van der Waals surface area contributed by atoms with Gasteiger partial charge < -0.3 is 0 Å². The Morgan fingerprint density at radius 3 is 2.20 bits per heavy atom. The highest BCUT2D eigenvalue weighted by molar-refractivity contribution is 5.80. The predicted octanol–water partition coefficient (Wildman–Crippen LogP) is 5.81. The van der Waals surface area contributed by atoms with E-state index in [0.717, 1.165) is 5.69 Å². The van der Waals surface area contributed by atoms with E-state index in [2.05, 4.69) is 74.3 Å². The van der Waals surface area contributed by atoms with Crippen LogP contribution in [-0.2, 0) is 0 Å². The topological polar surface area (TPSA) is 12.4 Å². The van der Waals surface area contributed by atoms with Crippen LogP contribution in [0.1, 0.15) is 31.9 Å². The minimum absolute atomic E-state index is 1.03. The lowest BCUT2D eigenvalue weighted by Crippen LogP contribution is -1.85. The van der Waals surface area contributed by atoms with Crippen molar-refractivity contribution in [3.05, 3.63) is 59.7 Å². The lowest BCUT2D eigenvalue weighted by atomic mass is 9.98. The molecule has 0 N–H and O–H groups in total. The van der Waals surface area contributed by atoms with Crippen molar-refractivity contribution in [3.63, 3.8) is 0 Å². The van der Waals surface area contributed by atoms with Gasteiger partial charge in [0.15, 0.2) is 0 Å². The number of rotatable bonds is 3. The van der Waals surface area contributed by atoms with Crippen LogP contribution < -0.4 is 0 Å². The summed E-state index contributed by atoms with van der Waals surface area (Å²) >= 11 is 0. The SMILES string of the molecule is CC=C(C)c1ccc(-c2ccc(C)cc2)cc1/N=C\C. The van der Waals surface area contributed by atoms with Gasteiger partial charge in [0, 0.05) is 11.8 Å². The molecule has 0 saturated carbocycles. The van der Waals surface area contributed by atoms with E-state index in [1.807, 2.05) is 13.1 Å². The molecule has 20 heavy (non-hydrogen) atoms. The molecule has 0 aliphatic carbocycles. The summed E-state index contributed by atoms with van der Waals surface area (Å²) in [5.41, 5.74) is 7.19. The van der Waals surface area contributed by atoms with Crippen LogP contribution in [0, 0.1) is 6.92 Å². The first-order chi connectivity index (χ1) is 9.65. The average Bonchev–Trinajstić information content (AvgIpc) is 2.47. The van der Waals surface area contributed by atoms with Gasteiger partial charge in [-0.25, -0.2) is 0 Å². The Morgan fingerprint density at radius 1 is 0.950 bits per heavy atom. The van der Waals surface area contributed by atoms with Gasteiger partial charge in [-0.2, -0.15) is 0 Å². The number of aliphatic imine (C=N–C) groups is 1. The molecule has 2 aromatic rings. The molecule has 0 saturated heterocycles. The van der Waals surface area contributed by atoms with E-state index < -0.39 is 0 Å². The van der Waals surface area contributed by atoms with Crippen molar-refractivity contribution in [1.29, 1.82) is 0 Å². The van der Waals surface area contributed by atoms with Crippen molar-refractivity contribution in [2.75, 3.05) is 0 Å². The first kappa shape index (κ1) is 14.3. The van der Waals surface area contributed by atoms with Crippen LogP contribution in [0.15, 0.2) is 53.5 Å². The Kier molecular flexibility index (Phi) is 4.52. The number of hydrogen-bond acceptors (Lipinski definition) is 1. The van der Waals surface area contributed by atoms with Crippen LogP contribution in [0.3, 0.4) is 0 Å². The summed E-state index contributed by atoms with van der Waals surface area (Å²) < 4.78 is 0. The van der Waals surface area contributed by atoms with Crippen molar-refractivity contribution >= 4 is 17.5 Å². The van der Waals surface area contributed by atoms with Gasteiger partial charge in [-0.15, -0.1) is 0 Å². The maximum atomic E-state index is 4.51. The fraction of sp³-hybridized carbons (Fsp3) is 0.211. The molecule has 102 valence electrons. The number of hydrogen-bond donors (Lipinski definition) is 0. The summed E-state index contributed by atoms with van der Waals surface area (Å²) in [4.78, 5) is 4.51. The fourth-order valence-electron chi connectivity index (χ4n) is 2.19. The number of allylic oxidation sites excluding steroid dienone is 2. The summed E-state index contributed by atoms with van der Waals surface area (Å²) in [6, 6.07) is 15.1. The lowest BCUT2D eigenvalue weighted by molar-refractivity contribution is 1.44.